The van der Waals surface area contributed by atoms with Gasteiger partial charge in [0.05, 0.1) is 6.61 Å². The third-order valence-electron chi connectivity index (χ3n) is 3.15. The number of carboxylic acid groups (broad SMARTS) is 1. The van der Waals surface area contributed by atoms with Crippen molar-refractivity contribution in [3.63, 3.8) is 0 Å². The summed E-state index contributed by atoms with van der Waals surface area (Å²) in [7, 11) is 1.50. The first kappa shape index (κ1) is 13.0. The minimum Gasteiger partial charge on any atom is -0.475 e. The van der Waals surface area contributed by atoms with Gasteiger partial charge in [0.1, 0.15) is 5.69 Å². The third kappa shape index (κ3) is 2.54. The van der Waals surface area contributed by atoms with Crippen LogP contribution in [0.25, 0.3) is 0 Å². The fraction of sp³-hybridized carbons (Fsp3) is 0.667. The molecule has 2 rings (SSSR count). The molecular formula is C12H17NO5. The first-order valence-corrected chi connectivity index (χ1v) is 5.93. The molecule has 18 heavy (non-hydrogen) atoms. The lowest BCUT2D eigenvalue weighted by Gasteiger charge is -2.26. The van der Waals surface area contributed by atoms with Crippen molar-refractivity contribution in [1.82, 2.24) is 4.98 Å². The van der Waals surface area contributed by atoms with E-state index in [1.54, 1.807) is 0 Å². The van der Waals surface area contributed by atoms with E-state index in [0.717, 1.165) is 6.42 Å². The minimum atomic E-state index is -1.11. The maximum Gasteiger partial charge on any atom is 0.373 e. The van der Waals surface area contributed by atoms with Gasteiger partial charge in [0.15, 0.2) is 5.89 Å². The van der Waals surface area contributed by atoms with Crippen molar-refractivity contribution in [2.24, 2.45) is 5.92 Å². The monoisotopic (exact) mass is 255 g/mol. The number of nitrogens with zero attached hydrogens (tertiary/aromatic N) is 1. The molecule has 1 aromatic rings. The highest BCUT2D eigenvalue weighted by Crippen LogP contribution is 2.32. The molecule has 6 heteroatoms. The molecule has 0 amide bonds. The number of aromatic carboxylic acids is 1. The number of aromatic nitrogens is 1. The van der Waals surface area contributed by atoms with E-state index in [1.165, 1.54) is 7.11 Å². The van der Waals surface area contributed by atoms with Crippen molar-refractivity contribution >= 4 is 5.97 Å². The van der Waals surface area contributed by atoms with Crippen LogP contribution < -0.4 is 0 Å². The summed E-state index contributed by atoms with van der Waals surface area (Å²) < 4.78 is 15.7. The van der Waals surface area contributed by atoms with E-state index in [9.17, 15) is 4.79 Å². The van der Waals surface area contributed by atoms with Gasteiger partial charge in [-0.1, -0.05) is 6.92 Å². The molecule has 0 bridgehead atoms. The Labute approximate surface area is 105 Å². The number of methoxy groups -OCH3 is 1. The lowest BCUT2D eigenvalue weighted by atomic mass is 9.90. The average Bonchev–Trinajstić information content (AvgIpc) is 2.74. The van der Waals surface area contributed by atoms with Crippen LogP contribution in [-0.4, -0.2) is 36.4 Å². The van der Waals surface area contributed by atoms with Gasteiger partial charge in [-0.15, -0.1) is 0 Å². The number of carbonyl (C=O) groups is 1. The van der Waals surface area contributed by atoms with Gasteiger partial charge in [0, 0.05) is 26.2 Å². The van der Waals surface area contributed by atoms with Crippen molar-refractivity contribution in [3.05, 3.63) is 17.3 Å². The standard InChI is InChI=1S/C12H17NO5/c1-7-5-17-4-3-8(7)11-13-9(6-16-2)10(18-11)12(14)15/h7-8H,3-6H2,1-2H3,(H,14,15). The van der Waals surface area contributed by atoms with Gasteiger partial charge in [-0.3, -0.25) is 0 Å². The van der Waals surface area contributed by atoms with Gasteiger partial charge in [0.2, 0.25) is 5.76 Å². The molecule has 1 aliphatic rings. The quantitative estimate of drug-likeness (QED) is 0.881. The molecule has 2 heterocycles. The lowest BCUT2D eigenvalue weighted by molar-refractivity contribution is 0.0398. The molecule has 100 valence electrons. The number of carboxylic acids is 1. The average molecular weight is 255 g/mol. The normalized spacial score (nSPS) is 24.1. The summed E-state index contributed by atoms with van der Waals surface area (Å²) in [5.74, 6) is -0.363. The van der Waals surface area contributed by atoms with E-state index in [1.807, 2.05) is 6.92 Å². The lowest BCUT2D eigenvalue weighted by Crippen LogP contribution is -2.23. The highest BCUT2D eigenvalue weighted by atomic mass is 16.5. The van der Waals surface area contributed by atoms with Crippen LogP contribution in [0, 0.1) is 5.92 Å². The van der Waals surface area contributed by atoms with Crippen LogP contribution in [0.2, 0.25) is 0 Å². The predicted molar refractivity (Wildman–Crippen MR) is 61.5 cm³/mol. The van der Waals surface area contributed by atoms with E-state index in [-0.39, 0.29) is 24.2 Å². The molecule has 1 saturated heterocycles. The van der Waals surface area contributed by atoms with Crippen LogP contribution in [-0.2, 0) is 16.1 Å². The second-order valence-electron chi connectivity index (χ2n) is 4.51. The molecule has 1 N–H and O–H groups in total. The van der Waals surface area contributed by atoms with Gasteiger partial charge in [-0.25, -0.2) is 9.78 Å². The third-order valence-corrected chi connectivity index (χ3v) is 3.15. The van der Waals surface area contributed by atoms with Crippen LogP contribution in [0.5, 0.6) is 0 Å². The van der Waals surface area contributed by atoms with Gasteiger partial charge in [-0.2, -0.15) is 0 Å². The number of rotatable bonds is 4. The number of hydrogen-bond acceptors (Lipinski definition) is 5. The van der Waals surface area contributed by atoms with Crippen LogP contribution in [0.4, 0.5) is 0 Å². The number of oxazole rings is 1. The van der Waals surface area contributed by atoms with E-state index in [0.29, 0.717) is 24.8 Å². The maximum absolute atomic E-state index is 11.1. The highest BCUT2D eigenvalue weighted by molar-refractivity contribution is 5.85. The molecule has 2 atom stereocenters. The molecule has 0 radical (unpaired) electrons. The molecular weight excluding hydrogens is 238 g/mol. The molecule has 0 saturated carbocycles. The Kier molecular flexibility index (Phi) is 3.98. The first-order chi connectivity index (χ1) is 8.63. The molecule has 6 nitrogen and oxygen atoms in total. The summed E-state index contributed by atoms with van der Waals surface area (Å²) in [5, 5.41) is 9.06. The smallest absolute Gasteiger partial charge is 0.373 e. The van der Waals surface area contributed by atoms with Gasteiger partial charge in [-0.05, 0) is 12.3 Å². The van der Waals surface area contributed by atoms with E-state index in [4.69, 9.17) is 19.0 Å². The Bertz CT molecular complexity index is 428. The van der Waals surface area contributed by atoms with Crippen LogP contribution in [0.3, 0.4) is 0 Å². The van der Waals surface area contributed by atoms with Crippen LogP contribution >= 0.6 is 0 Å². The molecule has 1 aliphatic heterocycles. The molecule has 0 aromatic carbocycles. The number of hydrogen-bond donors (Lipinski definition) is 1. The number of ether oxygens (including phenoxy) is 2. The summed E-state index contributed by atoms with van der Waals surface area (Å²) in [6, 6.07) is 0. The molecule has 1 fully saturated rings. The van der Waals surface area contributed by atoms with Crippen molar-refractivity contribution < 1.29 is 23.8 Å². The summed E-state index contributed by atoms with van der Waals surface area (Å²) in [6.45, 7) is 3.49. The highest BCUT2D eigenvalue weighted by Gasteiger charge is 2.30. The fourth-order valence-corrected chi connectivity index (χ4v) is 2.18. The van der Waals surface area contributed by atoms with Crippen molar-refractivity contribution in [1.29, 1.82) is 0 Å². The SMILES string of the molecule is COCc1nc(C2CCOCC2C)oc1C(=O)O. The van der Waals surface area contributed by atoms with E-state index >= 15 is 0 Å². The Hall–Kier alpha value is -1.40. The van der Waals surface area contributed by atoms with E-state index in [2.05, 4.69) is 4.98 Å². The minimum absolute atomic E-state index is 0.113. The molecule has 2 unspecified atom stereocenters. The Morgan fingerprint density at radius 2 is 2.39 bits per heavy atom. The Balaban J connectivity index is 2.27. The van der Waals surface area contributed by atoms with Crippen molar-refractivity contribution in [2.45, 2.75) is 25.9 Å². The van der Waals surface area contributed by atoms with Crippen LogP contribution in [0.15, 0.2) is 4.42 Å². The molecule has 0 spiro atoms. The van der Waals surface area contributed by atoms with Gasteiger partial charge in [0.25, 0.3) is 0 Å². The first-order valence-electron chi connectivity index (χ1n) is 5.93. The van der Waals surface area contributed by atoms with E-state index < -0.39 is 5.97 Å². The Morgan fingerprint density at radius 3 is 3.00 bits per heavy atom. The zero-order valence-corrected chi connectivity index (χ0v) is 10.5. The predicted octanol–water partition coefficient (Wildman–Crippen LogP) is 1.66. The van der Waals surface area contributed by atoms with Gasteiger partial charge < -0.3 is 19.0 Å². The second-order valence-corrected chi connectivity index (χ2v) is 4.51. The maximum atomic E-state index is 11.1. The summed E-state index contributed by atoms with van der Waals surface area (Å²) in [4.78, 5) is 15.3. The second kappa shape index (κ2) is 5.49. The van der Waals surface area contributed by atoms with Crippen molar-refractivity contribution in [2.75, 3.05) is 20.3 Å². The Morgan fingerprint density at radius 1 is 1.61 bits per heavy atom. The topological polar surface area (TPSA) is 81.8 Å². The van der Waals surface area contributed by atoms with Crippen LogP contribution in [0.1, 0.15) is 41.4 Å². The molecule has 1 aromatic heterocycles. The fourth-order valence-electron chi connectivity index (χ4n) is 2.18. The van der Waals surface area contributed by atoms with Crippen molar-refractivity contribution in [3.8, 4) is 0 Å². The zero-order valence-electron chi connectivity index (χ0n) is 10.5. The largest absolute Gasteiger partial charge is 0.475 e. The summed E-state index contributed by atoms with van der Waals surface area (Å²) in [6.07, 6.45) is 0.799. The summed E-state index contributed by atoms with van der Waals surface area (Å²) >= 11 is 0. The zero-order chi connectivity index (χ0) is 13.1. The van der Waals surface area contributed by atoms with Gasteiger partial charge >= 0.3 is 5.97 Å². The molecule has 0 aliphatic carbocycles. The summed E-state index contributed by atoms with van der Waals surface area (Å²) in [5.41, 5.74) is 0.346.